The van der Waals surface area contributed by atoms with Crippen LogP contribution < -0.4 is 5.32 Å². The van der Waals surface area contributed by atoms with E-state index in [-0.39, 0.29) is 18.9 Å². The molecule has 0 aromatic carbocycles. The molecule has 0 radical (unpaired) electrons. The summed E-state index contributed by atoms with van der Waals surface area (Å²) in [7, 11) is -5.09. The summed E-state index contributed by atoms with van der Waals surface area (Å²) in [6, 6.07) is -0.946. The van der Waals surface area contributed by atoms with Crippen molar-refractivity contribution in [2.45, 2.75) is 281 Å². The normalized spacial score (nSPS) is 20.3. The maximum atomic E-state index is 13.1. The van der Waals surface area contributed by atoms with E-state index in [1.165, 1.54) is 161 Å². The second-order valence-electron chi connectivity index (χ2n) is 18.8. The fourth-order valence-electron chi connectivity index (χ4n) is 8.49. The van der Waals surface area contributed by atoms with Gasteiger partial charge in [0.05, 0.1) is 25.4 Å². The topological polar surface area (TPSA) is 192 Å². The van der Waals surface area contributed by atoms with Gasteiger partial charge in [-0.1, -0.05) is 217 Å². The van der Waals surface area contributed by atoms with Gasteiger partial charge < -0.3 is 35.2 Å². The first kappa shape index (κ1) is 62.3. The average molecular weight is 958 g/mol. The summed E-state index contributed by atoms with van der Waals surface area (Å²) in [5.74, 6) is -0.266. The first-order valence-corrected chi connectivity index (χ1v) is 28.2. The van der Waals surface area contributed by atoms with Crippen LogP contribution in [0.4, 0.5) is 0 Å². The van der Waals surface area contributed by atoms with Gasteiger partial charge in [0, 0.05) is 6.42 Å². The van der Waals surface area contributed by atoms with Crippen molar-refractivity contribution in [3.05, 3.63) is 36.5 Å². The van der Waals surface area contributed by atoms with E-state index in [4.69, 9.17) is 9.47 Å². The van der Waals surface area contributed by atoms with Crippen molar-refractivity contribution >= 4 is 16.3 Å². The molecule has 1 rings (SSSR count). The van der Waals surface area contributed by atoms with Crippen LogP contribution in [-0.4, -0.2) is 95.4 Å². The molecule has 388 valence electrons. The lowest BCUT2D eigenvalue weighted by molar-refractivity contribution is -0.298. The molecule has 6 N–H and O–H groups in total. The lowest BCUT2D eigenvalue weighted by Crippen LogP contribution is -2.61. The Bertz CT molecular complexity index is 1310. The molecular formula is C53H99NO11S. The number of allylic oxidation sites excluding steroid dienone is 5. The summed E-state index contributed by atoms with van der Waals surface area (Å²) in [4.78, 5) is 13.1. The monoisotopic (exact) mass is 958 g/mol. The molecule has 1 aliphatic rings. The standard InChI is InChI=1S/C53H99NO11S/c1-3-5-7-9-11-13-15-17-19-20-21-22-23-24-25-26-27-28-29-31-33-35-37-39-41-43-49(57)54-46(45-63-53-51(59)52(65-66(60,61)62)50(58)48(44-55)64-53)47(56)42-40-38-36-34-32-30-18-16-14-12-10-8-6-4-2/h21-22,24-25,40,42,46-48,50-53,55-56,58-59H,3-20,23,26-39,41,43-45H2,1-2H3,(H,54,57)(H,60,61,62)/b22-21-,25-24-,42-40+. The largest absolute Gasteiger partial charge is 0.397 e. The quantitative estimate of drug-likeness (QED) is 0.0193. The molecule has 13 heteroatoms. The molecule has 1 aliphatic heterocycles. The number of ether oxygens (including phenoxy) is 2. The van der Waals surface area contributed by atoms with Gasteiger partial charge in [-0.15, -0.1) is 0 Å². The minimum atomic E-state index is -5.09. The van der Waals surface area contributed by atoms with E-state index in [1.807, 2.05) is 6.08 Å². The van der Waals surface area contributed by atoms with Crippen molar-refractivity contribution in [3.63, 3.8) is 0 Å². The van der Waals surface area contributed by atoms with Crippen LogP contribution in [0.1, 0.15) is 239 Å². The van der Waals surface area contributed by atoms with E-state index in [9.17, 15) is 38.2 Å². The maximum absolute atomic E-state index is 13.1. The first-order chi connectivity index (χ1) is 32.0. The third-order valence-electron chi connectivity index (χ3n) is 12.7. The molecule has 1 saturated heterocycles. The SMILES string of the molecule is CCCCCCCCCCC/C=C\C/C=C\CCCCCCCCCCCC(=O)NC(COC1OC(CO)C(O)C(OS(=O)(=O)O)C1O)C(O)/C=C/CCCCCCCCCCCCCC. The van der Waals surface area contributed by atoms with Crippen molar-refractivity contribution < 1.29 is 51.8 Å². The predicted octanol–water partition coefficient (Wildman–Crippen LogP) is 11.8. The number of aliphatic hydroxyl groups excluding tert-OH is 4. The van der Waals surface area contributed by atoms with Crippen LogP contribution in [0.2, 0.25) is 0 Å². The summed E-state index contributed by atoms with van der Waals surface area (Å²) < 4.78 is 47.7. The number of carbonyl (C=O) groups excluding carboxylic acids is 1. The second kappa shape index (κ2) is 43.3. The van der Waals surface area contributed by atoms with E-state index in [2.05, 4.69) is 47.7 Å². The molecule has 7 unspecified atom stereocenters. The Morgan fingerprint density at radius 1 is 0.606 bits per heavy atom. The van der Waals surface area contributed by atoms with Gasteiger partial charge in [0.1, 0.15) is 24.4 Å². The van der Waals surface area contributed by atoms with E-state index in [1.54, 1.807) is 6.08 Å². The molecule has 7 atom stereocenters. The second-order valence-corrected chi connectivity index (χ2v) is 19.9. The summed E-state index contributed by atoms with van der Waals surface area (Å²) in [6.45, 7) is 3.40. The minimum Gasteiger partial charge on any atom is -0.394 e. The Morgan fingerprint density at radius 2 is 1.02 bits per heavy atom. The molecule has 1 amide bonds. The highest BCUT2D eigenvalue weighted by Gasteiger charge is 2.48. The summed E-state index contributed by atoms with van der Waals surface area (Å²) in [5.41, 5.74) is 0. The van der Waals surface area contributed by atoms with E-state index in [0.717, 1.165) is 51.4 Å². The zero-order valence-electron chi connectivity index (χ0n) is 41.8. The first-order valence-electron chi connectivity index (χ1n) is 26.9. The summed E-state index contributed by atoms with van der Waals surface area (Å²) >= 11 is 0. The lowest BCUT2D eigenvalue weighted by Gasteiger charge is -2.41. The van der Waals surface area contributed by atoms with E-state index >= 15 is 0 Å². The average Bonchev–Trinajstić information content (AvgIpc) is 3.29. The van der Waals surface area contributed by atoms with Crippen LogP contribution in [0.15, 0.2) is 36.5 Å². The van der Waals surface area contributed by atoms with Crippen LogP contribution in [0, 0.1) is 0 Å². The number of hydrogen-bond acceptors (Lipinski definition) is 10. The molecule has 0 spiro atoms. The molecule has 0 aliphatic carbocycles. The highest BCUT2D eigenvalue weighted by Crippen LogP contribution is 2.26. The van der Waals surface area contributed by atoms with Crippen molar-refractivity contribution in [2.75, 3.05) is 13.2 Å². The van der Waals surface area contributed by atoms with Crippen molar-refractivity contribution in [2.24, 2.45) is 0 Å². The number of carbonyl (C=O) groups is 1. The Balaban J connectivity index is 2.39. The Kier molecular flexibility index (Phi) is 40.9. The fourth-order valence-corrected chi connectivity index (χ4v) is 8.99. The Morgan fingerprint density at radius 3 is 1.44 bits per heavy atom. The third kappa shape index (κ3) is 35.4. The number of unbranched alkanes of at least 4 members (excludes halogenated alkanes) is 30. The predicted molar refractivity (Wildman–Crippen MR) is 268 cm³/mol. The number of hydrogen-bond donors (Lipinski definition) is 6. The Hall–Kier alpha value is -1.68. The highest BCUT2D eigenvalue weighted by molar-refractivity contribution is 7.80. The van der Waals surface area contributed by atoms with Gasteiger partial charge in [-0.25, -0.2) is 4.18 Å². The molecule has 1 fully saturated rings. The molecule has 1 heterocycles. The van der Waals surface area contributed by atoms with Crippen LogP contribution in [0.25, 0.3) is 0 Å². The van der Waals surface area contributed by atoms with Crippen LogP contribution >= 0.6 is 0 Å². The van der Waals surface area contributed by atoms with E-state index in [0.29, 0.717) is 6.42 Å². The van der Waals surface area contributed by atoms with Gasteiger partial charge in [0.2, 0.25) is 5.91 Å². The number of nitrogens with one attached hydrogen (secondary N) is 1. The van der Waals surface area contributed by atoms with Gasteiger partial charge >= 0.3 is 10.4 Å². The molecule has 0 aromatic rings. The number of rotatable bonds is 46. The lowest BCUT2D eigenvalue weighted by atomic mass is 9.99. The van der Waals surface area contributed by atoms with Gasteiger partial charge in [0.15, 0.2) is 6.29 Å². The highest BCUT2D eigenvalue weighted by atomic mass is 32.3. The van der Waals surface area contributed by atoms with Crippen molar-refractivity contribution in [1.82, 2.24) is 5.32 Å². The van der Waals surface area contributed by atoms with Crippen molar-refractivity contribution in [1.29, 1.82) is 0 Å². The number of aliphatic hydroxyl groups is 4. The van der Waals surface area contributed by atoms with Crippen LogP contribution in [0.3, 0.4) is 0 Å². The number of amides is 1. The zero-order valence-corrected chi connectivity index (χ0v) is 42.6. The van der Waals surface area contributed by atoms with Gasteiger partial charge in [-0.3, -0.25) is 9.35 Å². The molecule has 0 bridgehead atoms. The smallest absolute Gasteiger partial charge is 0.394 e. The zero-order chi connectivity index (χ0) is 48.4. The minimum absolute atomic E-state index is 0.264. The van der Waals surface area contributed by atoms with Gasteiger partial charge in [-0.2, -0.15) is 8.42 Å². The molecule has 0 aromatic heterocycles. The van der Waals surface area contributed by atoms with Gasteiger partial charge in [0.25, 0.3) is 0 Å². The van der Waals surface area contributed by atoms with Crippen LogP contribution in [0.5, 0.6) is 0 Å². The summed E-state index contributed by atoms with van der Waals surface area (Å²) in [5, 5.41) is 44.8. The molecule has 0 saturated carbocycles. The Labute approximate surface area is 403 Å². The molecule has 66 heavy (non-hydrogen) atoms. The maximum Gasteiger partial charge on any atom is 0.397 e. The van der Waals surface area contributed by atoms with Crippen LogP contribution in [-0.2, 0) is 28.9 Å². The fraction of sp³-hybridized carbons (Fsp3) is 0.868. The van der Waals surface area contributed by atoms with E-state index < -0.39 is 59.9 Å². The third-order valence-corrected chi connectivity index (χ3v) is 13.1. The van der Waals surface area contributed by atoms with Crippen molar-refractivity contribution in [3.8, 4) is 0 Å². The molecule has 12 nitrogen and oxygen atoms in total. The summed E-state index contributed by atoms with van der Waals surface area (Å²) in [6.07, 6.45) is 44.7. The van der Waals surface area contributed by atoms with Gasteiger partial charge in [-0.05, 0) is 51.4 Å². The molecular weight excluding hydrogens is 859 g/mol.